The third kappa shape index (κ3) is 4.79. The number of ether oxygens (including phenoxy) is 1. The Morgan fingerprint density at radius 1 is 1.36 bits per heavy atom. The molecule has 0 saturated carbocycles. The van der Waals surface area contributed by atoms with Crippen LogP contribution in [-0.2, 0) is 14.8 Å². The standard InChI is InChI=1S/C12H14ClF2NO5S/c1-6(2)10(11(17)18)16-22(19,20)7-3-4-9(8(13)5-7)21-12(14)15/h3-6,10,12,16H,1-2H3,(H,17,18)/t10-/m0/s1. The number of carbonyl (C=O) groups is 1. The SMILES string of the molecule is CC(C)[C@H](NS(=O)(=O)c1ccc(OC(F)F)c(Cl)c1)C(=O)O. The number of aliphatic carboxylic acids is 1. The average molecular weight is 358 g/mol. The van der Waals surface area contributed by atoms with E-state index in [9.17, 15) is 22.0 Å². The van der Waals surface area contributed by atoms with Crippen LogP contribution in [0.1, 0.15) is 13.8 Å². The van der Waals surface area contributed by atoms with Crippen molar-refractivity contribution in [1.29, 1.82) is 0 Å². The van der Waals surface area contributed by atoms with Gasteiger partial charge in [0.1, 0.15) is 11.8 Å². The summed E-state index contributed by atoms with van der Waals surface area (Å²) in [5.74, 6) is -2.21. The first-order valence-electron chi connectivity index (χ1n) is 6.04. The first kappa shape index (κ1) is 18.6. The van der Waals surface area contributed by atoms with E-state index in [4.69, 9.17) is 16.7 Å². The highest BCUT2D eigenvalue weighted by atomic mass is 35.5. The van der Waals surface area contributed by atoms with Gasteiger partial charge in [-0.3, -0.25) is 4.79 Å². The van der Waals surface area contributed by atoms with Gasteiger partial charge in [-0.1, -0.05) is 25.4 Å². The van der Waals surface area contributed by atoms with Gasteiger partial charge in [0, 0.05) is 0 Å². The molecule has 0 aliphatic heterocycles. The summed E-state index contributed by atoms with van der Waals surface area (Å²) >= 11 is 5.67. The van der Waals surface area contributed by atoms with E-state index in [1.807, 2.05) is 4.72 Å². The maximum atomic E-state index is 12.1. The maximum absolute atomic E-state index is 12.1. The van der Waals surface area contributed by atoms with E-state index in [0.29, 0.717) is 0 Å². The molecule has 10 heteroatoms. The number of hydrogen-bond donors (Lipinski definition) is 2. The average Bonchev–Trinajstić information content (AvgIpc) is 2.37. The minimum absolute atomic E-state index is 0.334. The number of nitrogens with one attached hydrogen (secondary N) is 1. The molecule has 0 bridgehead atoms. The van der Waals surface area contributed by atoms with E-state index in [1.165, 1.54) is 13.8 Å². The molecule has 0 aliphatic carbocycles. The van der Waals surface area contributed by atoms with Gasteiger partial charge in [0.05, 0.1) is 9.92 Å². The second-order valence-electron chi connectivity index (χ2n) is 4.65. The normalized spacial score (nSPS) is 13.4. The van der Waals surface area contributed by atoms with E-state index in [0.717, 1.165) is 18.2 Å². The van der Waals surface area contributed by atoms with Crippen LogP contribution in [0.15, 0.2) is 23.1 Å². The van der Waals surface area contributed by atoms with Crippen LogP contribution in [-0.4, -0.2) is 32.1 Å². The van der Waals surface area contributed by atoms with Crippen LogP contribution < -0.4 is 9.46 Å². The highest BCUT2D eigenvalue weighted by molar-refractivity contribution is 7.89. The van der Waals surface area contributed by atoms with Gasteiger partial charge in [-0.05, 0) is 24.1 Å². The Morgan fingerprint density at radius 3 is 2.36 bits per heavy atom. The molecule has 0 saturated heterocycles. The summed E-state index contributed by atoms with van der Waals surface area (Å²) in [7, 11) is -4.18. The van der Waals surface area contributed by atoms with Crippen LogP contribution in [0.5, 0.6) is 5.75 Å². The molecule has 124 valence electrons. The first-order valence-corrected chi connectivity index (χ1v) is 7.90. The molecule has 6 nitrogen and oxygen atoms in total. The van der Waals surface area contributed by atoms with Crippen molar-refractivity contribution in [2.24, 2.45) is 5.92 Å². The smallest absolute Gasteiger partial charge is 0.387 e. The minimum atomic E-state index is -4.18. The Hall–Kier alpha value is -1.45. The first-order chi connectivity index (χ1) is 10.0. The summed E-state index contributed by atoms with van der Waals surface area (Å²) in [5, 5.41) is 8.66. The summed E-state index contributed by atoms with van der Waals surface area (Å²) in [5.41, 5.74) is 0. The van der Waals surface area contributed by atoms with Gasteiger partial charge in [0.15, 0.2) is 0 Å². The molecule has 1 rings (SSSR count). The van der Waals surface area contributed by atoms with E-state index in [1.54, 1.807) is 0 Å². The molecule has 0 unspecified atom stereocenters. The van der Waals surface area contributed by atoms with Crippen LogP contribution in [0.2, 0.25) is 5.02 Å². The van der Waals surface area contributed by atoms with Crippen molar-refractivity contribution in [3.05, 3.63) is 23.2 Å². The van der Waals surface area contributed by atoms with Gasteiger partial charge >= 0.3 is 12.6 Å². The molecule has 2 N–H and O–H groups in total. The van der Waals surface area contributed by atoms with Crippen molar-refractivity contribution in [3.63, 3.8) is 0 Å². The van der Waals surface area contributed by atoms with Gasteiger partial charge in [-0.25, -0.2) is 8.42 Å². The Bertz CT molecular complexity index is 651. The summed E-state index contributed by atoms with van der Waals surface area (Å²) < 4.78 is 54.6. The van der Waals surface area contributed by atoms with Crippen LogP contribution in [0.25, 0.3) is 0 Å². The molecule has 0 spiro atoms. The van der Waals surface area contributed by atoms with Crippen molar-refractivity contribution in [2.45, 2.75) is 31.4 Å². The molecule has 22 heavy (non-hydrogen) atoms. The molecular formula is C12H14ClF2NO5S. The van der Waals surface area contributed by atoms with Crippen molar-refractivity contribution in [3.8, 4) is 5.75 Å². The van der Waals surface area contributed by atoms with Crippen molar-refractivity contribution < 1.29 is 31.8 Å². The Balaban J connectivity index is 3.08. The number of carboxylic acid groups (broad SMARTS) is 1. The topological polar surface area (TPSA) is 92.7 Å². The maximum Gasteiger partial charge on any atom is 0.387 e. The monoisotopic (exact) mass is 357 g/mol. The molecule has 1 aromatic carbocycles. The quantitative estimate of drug-likeness (QED) is 0.781. The van der Waals surface area contributed by atoms with Gasteiger partial charge in [-0.2, -0.15) is 13.5 Å². The van der Waals surface area contributed by atoms with Gasteiger partial charge in [-0.15, -0.1) is 0 Å². The largest absolute Gasteiger partial charge is 0.480 e. The van der Waals surface area contributed by atoms with E-state index in [-0.39, 0.29) is 15.7 Å². The Kier molecular flexibility index (Phi) is 6.09. The fraction of sp³-hybridized carbons (Fsp3) is 0.417. The number of benzene rings is 1. The second-order valence-corrected chi connectivity index (χ2v) is 6.77. The lowest BCUT2D eigenvalue weighted by Crippen LogP contribution is -2.44. The number of hydrogen-bond acceptors (Lipinski definition) is 4. The predicted molar refractivity (Wildman–Crippen MR) is 74.7 cm³/mol. The van der Waals surface area contributed by atoms with Crippen molar-refractivity contribution >= 4 is 27.6 Å². The van der Waals surface area contributed by atoms with Crippen LogP contribution in [0, 0.1) is 5.92 Å². The van der Waals surface area contributed by atoms with Crippen LogP contribution in [0.4, 0.5) is 8.78 Å². The molecule has 0 fully saturated rings. The fourth-order valence-electron chi connectivity index (χ4n) is 1.55. The number of halogens is 3. The van der Waals surface area contributed by atoms with Crippen LogP contribution in [0.3, 0.4) is 0 Å². The number of rotatable bonds is 7. The summed E-state index contributed by atoms with van der Waals surface area (Å²) in [4.78, 5) is 10.7. The number of carboxylic acids is 1. The summed E-state index contributed by atoms with van der Waals surface area (Å²) in [6.45, 7) is -0.0303. The Morgan fingerprint density at radius 2 is 1.95 bits per heavy atom. The van der Waals surface area contributed by atoms with E-state index in [2.05, 4.69) is 4.74 Å². The fourth-order valence-corrected chi connectivity index (χ4v) is 3.20. The number of sulfonamides is 1. The highest BCUT2D eigenvalue weighted by Gasteiger charge is 2.28. The molecule has 0 radical (unpaired) electrons. The minimum Gasteiger partial charge on any atom is -0.480 e. The molecular weight excluding hydrogens is 344 g/mol. The van der Waals surface area contributed by atoms with Gasteiger partial charge in [0.25, 0.3) is 0 Å². The lowest BCUT2D eigenvalue weighted by molar-refractivity contribution is -0.140. The third-order valence-corrected chi connectivity index (χ3v) is 4.38. The zero-order chi connectivity index (χ0) is 17.1. The zero-order valence-corrected chi connectivity index (χ0v) is 13.2. The second kappa shape index (κ2) is 7.21. The molecule has 0 aliphatic rings. The molecule has 0 heterocycles. The van der Waals surface area contributed by atoms with Gasteiger partial charge in [0.2, 0.25) is 10.0 Å². The van der Waals surface area contributed by atoms with E-state index >= 15 is 0 Å². The highest BCUT2D eigenvalue weighted by Crippen LogP contribution is 2.28. The lowest BCUT2D eigenvalue weighted by Gasteiger charge is -2.18. The van der Waals surface area contributed by atoms with E-state index < -0.39 is 34.6 Å². The zero-order valence-electron chi connectivity index (χ0n) is 11.6. The molecule has 1 aromatic rings. The lowest BCUT2D eigenvalue weighted by atomic mass is 10.1. The predicted octanol–water partition coefficient (Wildman–Crippen LogP) is 2.33. The number of alkyl halides is 2. The molecule has 0 aromatic heterocycles. The van der Waals surface area contributed by atoms with Gasteiger partial charge < -0.3 is 9.84 Å². The molecule has 0 amide bonds. The molecule has 1 atom stereocenters. The van der Waals surface area contributed by atoms with Crippen molar-refractivity contribution in [1.82, 2.24) is 4.72 Å². The third-order valence-electron chi connectivity index (χ3n) is 2.64. The Labute approximate surface area is 131 Å². The van der Waals surface area contributed by atoms with Crippen LogP contribution >= 0.6 is 11.6 Å². The summed E-state index contributed by atoms with van der Waals surface area (Å²) in [6.07, 6.45) is 0. The summed E-state index contributed by atoms with van der Waals surface area (Å²) in [6, 6.07) is 1.53. The van der Waals surface area contributed by atoms with Crippen molar-refractivity contribution in [2.75, 3.05) is 0 Å².